The summed E-state index contributed by atoms with van der Waals surface area (Å²) in [5.41, 5.74) is 17.9. The third-order valence-electron chi connectivity index (χ3n) is 14.2. The summed E-state index contributed by atoms with van der Waals surface area (Å²) in [5, 5.41) is 33.3. The molecule has 8 atom stereocenters. The second-order valence-electron chi connectivity index (χ2n) is 19.4. The van der Waals surface area contributed by atoms with Crippen LogP contribution in [0.15, 0.2) is 65.7 Å². The van der Waals surface area contributed by atoms with Gasteiger partial charge in [-0.25, -0.2) is 4.79 Å². The van der Waals surface area contributed by atoms with E-state index in [-0.39, 0.29) is 77.2 Å². The van der Waals surface area contributed by atoms with Crippen LogP contribution in [-0.2, 0) is 60.8 Å². The number of benzene rings is 2. The summed E-state index contributed by atoms with van der Waals surface area (Å²) >= 11 is 0. The molecule has 13 N–H and O–H groups in total. The van der Waals surface area contributed by atoms with Gasteiger partial charge in [-0.2, -0.15) is 0 Å². The van der Waals surface area contributed by atoms with Gasteiger partial charge in [0.15, 0.2) is 5.96 Å². The van der Waals surface area contributed by atoms with Gasteiger partial charge in [0.25, 0.3) is 0 Å². The maximum absolute atomic E-state index is 14.3. The number of likely N-dealkylation sites (tertiary alicyclic amines) is 4. The summed E-state index contributed by atoms with van der Waals surface area (Å²) in [6, 6.07) is 8.20. The van der Waals surface area contributed by atoms with E-state index in [1.807, 2.05) is 0 Å². The third kappa shape index (κ3) is 15.2. The lowest BCUT2D eigenvalue weighted by Gasteiger charge is -2.33. The number of carbonyl (C=O) groups excluding carboxylic acids is 9. The quantitative estimate of drug-likeness (QED) is 0.0278. The predicted octanol–water partition coefficient (Wildman–Crippen LogP) is -3.42. The monoisotopic (exact) mass is 1060 g/mol. The Hall–Kier alpha value is -7.67. The van der Waals surface area contributed by atoms with Crippen molar-refractivity contribution in [2.45, 2.75) is 125 Å². The maximum Gasteiger partial charge on any atom is 0.326 e. The summed E-state index contributed by atoms with van der Waals surface area (Å²) in [6.45, 7) is -0.771. The van der Waals surface area contributed by atoms with E-state index < -0.39 is 121 Å². The first-order valence-electron chi connectivity index (χ1n) is 25.9. The van der Waals surface area contributed by atoms with Crippen LogP contribution in [0.5, 0.6) is 0 Å². The highest BCUT2D eigenvalue weighted by Crippen LogP contribution is 2.27. The minimum absolute atomic E-state index is 0.00295. The molecule has 4 aliphatic rings. The second kappa shape index (κ2) is 27.7. The highest BCUT2D eigenvalue weighted by Gasteiger charge is 2.45. The van der Waals surface area contributed by atoms with Gasteiger partial charge in [-0.1, -0.05) is 60.7 Å². The molecule has 4 heterocycles. The zero-order chi connectivity index (χ0) is 54.9. The first-order chi connectivity index (χ1) is 36.5. The lowest BCUT2D eigenvalue weighted by Crippen LogP contribution is -2.59. The largest absolute Gasteiger partial charge is 0.480 e. The number of hydrogen-bond donors (Lipinski definition) is 10. The number of nitrogens with zero attached hydrogens (tertiary/aromatic N) is 5. The van der Waals surface area contributed by atoms with E-state index in [2.05, 4.69) is 31.6 Å². The summed E-state index contributed by atoms with van der Waals surface area (Å²) < 4.78 is 0. The summed E-state index contributed by atoms with van der Waals surface area (Å²) in [4.78, 5) is 145. The number of aliphatic imine (C=N–C) groups is 1. The van der Waals surface area contributed by atoms with Gasteiger partial charge in [0.2, 0.25) is 53.2 Å². The van der Waals surface area contributed by atoms with Gasteiger partial charge in [0.05, 0.1) is 19.7 Å². The van der Waals surface area contributed by atoms with E-state index in [4.69, 9.17) is 17.2 Å². The zero-order valence-corrected chi connectivity index (χ0v) is 42.5. The Bertz CT molecular complexity index is 2440. The molecule has 0 aromatic heterocycles. The van der Waals surface area contributed by atoms with E-state index >= 15 is 0 Å². The molecule has 25 heteroatoms. The molecule has 0 radical (unpaired) electrons. The van der Waals surface area contributed by atoms with Crippen molar-refractivity contribution in [1.82, 2.24) is 46.2 Å². The molecule has 25 nitrogen and oxygen atoms in total. The Balaban J connectivity index is 1.07. The molecule has 0 unspecified atom stereocenters. The molecular formula is C51H71N13O12. The number of carbonyl (C=O) groups is 10. The number of aliphatic carboxylic acids is 1. The summed E-state index contributed by atoms with van der Waals surface area (Å²) in [7, 11) is 0. The molecule has 0 spiro atoms. The third-order valence-corrected chi connectivity index (χ3v) is 14.2. The minimum Gasteiger partial charge on any atom is -0.480 e. The molecule has 412 valence electrons. The van der Waals surface area contributed by atoms with E-state index in [9.17, 15) is 58.2 Å². The van der Waals surface area contributed by atoms with Crippen LogP contribution in [0.4, 0.5) is 0 Å². The van der Waals surface area contributed by atoms with Crippen LogP contribution in [0.2, 0.25) is 0 Å². The second-order valence-corrected chi connectivity index (χ2v) is 19.4. The number of nitrogens with one attached hydrogen (secondary N) is 5. The fraction of sp³-hybridized carbons (Fsp3) is 0.549. The minimum atomic E-state index is -1.55. The number of guanidine groups is 1. The maximum atomic E-state index is 14.3. The van der Waals surface area contributed by atoms with Crippen LogP contribution in [0, 0.1) is 0 Å². The van der Waals surface area contributed by atoms with Crippen molar-refractivity contribution in [3.8, 4) is 0 Å². The highest BCUT2D eigenvalue weighted by molar-refractivity contribution is 5.98. The molecule has 4 fully saturated rings. The number of nitrogens with two attached hydrogens (primary N) is 3. The van der Waals surface area contributed by atoms with Gasteiger partial charge >= 0.3 is 5.97 Å². The molecule has 2 aromatic rings. The number of carboxylic acid groups (broad SMARTS) is 1. The summed E-state index contributed by atoms with van der Waals surface area (Å²) in [6.07, 6.45) is 3.37. The smallest absolute Gasteiger partial charge is 0.326 e. The Morgan fingerprint density at radius 3 is 1.63 bits per heavy atom. The number of amides is 9. The zero-order valence-electron chi connectivity index (χ0n) is 42.5. The molecule has 0 saturated carbocycles. The molecule has 0 aliphatic carbocycles. The summed E-state index contributed by atoms with van der Waals surface area (Å²) in [5.74, 6) is -7.11. The average Bonchev–Trinajstić information content (AvgIpc) is 4.28. The van der Waals surface area contributed by atoms with Crippen LogP contribution in [0.1, 0.15) is 75.3 Å². The fourth-order valence-electron chi connectivity index (χ4n) is 10.3. The van der Waals surface area contributed by atoms with Crippen molar-refractivity contribution in [2.75, 3.05) is 52.4 Å². The Morgan fingerprint density at radius 1 is 0.592 bits per heavy atom. The number of hydrogen-bond acceptors (Lipinski definition) is 13. The molecule has 4 saturated heterocycles. The molecule has 0 bridgehead atoms. The van der Waals surface area contributed by atoms with Crippen molar-refractivity contribution >= 4 is 65.1 Å². The van der Waals surface area contributed by atoms with Gasteiger partial charge in [-0.05, 0) is 75.3 Å². The standard InChI is InChI=1S/C51H71N13O12/c52-28-42(67)61-22-8-18-38(61)45(70)58-33(16-7-21-55-51(53)54)47(72)64-25-11-20-40(64)49(74)63-24-9-17-37(63)44(69)56-29-41(66)57-34(26-31-12-3-1-4-13-31)43(68)60-36(30-65)48(73)62-23-10-19-39(62)46(71)59-35(50(75)76)27-32-14-5-2-6-15-32/h1-6,12-15,33-40,65H,7-11,16-30,52H2,(H,56,69)(H,57,66)(H,58,70)(H,59,71)(H,60,68)(H,75,76)(H4,53,54,55)/t33-,34-,35-,36-,37-,38-,39-,40-/m0/s1. The Morgan fingerprint density at radius 2 is 1.08 bits per heavy atom. The average molecular weight is 1060 g/mol. The van der Waals surface area contributed by atoms with Crippen LogP contribution in [-0.4, -0.2) is 196 Å². The van der Waals surface area contributed by atoms with Crippen molar-refractivity contribution < 1.29 is 58.2 Å². The van der Waals surface area contributed by atoms with Gasteiger partial charge in [0.1, 0.15) is 48.3 Å². The van der Waals surface area contributed by atoms with Crippen LogP contribution < -0.4 is 43.8 Å². The normalized spacial score (nSPS) is 20.7. The van der Waals surface area contributed by atoms with Gasteiger partial charge in [-0.15, -0.1) is 0 Å². The molecule has 76 heavy (non-hydrogen) atoms. The lowest BCUT2D eigenvalue weighted by atomic mass is 10.0. The van der Waals surface area contributed by atoms with E-state index in [0.717, 1.165) is 0 Å². The SMILES string of the molecule is NCC(=O)N1CCC[C@H]1C(=O)N[C@@H](CCCN=C(N)N)C(=O)N1CCC[C@H]1C(=O)N1CCC[C@H]1C(=O)NCC(=O)N[C@@H](Cc1ccccc1)C(=O)N[C@@H](CO)C(=O)N1CCC[C@H]1C(=O)N[C@@H](Cc1ccccc1)C(=O)O. The van der Waals surface area contributed by atoms with E-state index in [1.165, 1.54) is 19.6 Å². The van der Waals surface area contributed by atoms with E-state index in [1.54, 1.807) is 60.7 Å². The van der Waals surface area contributed by atoms with Crippen LogP contribution in [0.3, 0.4) is 0 Å². The van der Waals surface area contributed by atoms with Gasteiger partial charge in [0, 0.05) is 45.6 Å². The van der Waals surface area contributed by atoms with Crippen molar-refractivity contribution in [3.05, 3.63) is 71.8 Å². The van der Waals surface area contributed by atoms with Gasteiger partial charge < -0.3 is 73.6 Å². The van der Waals surface area contributed by atoms with Crippen LogP contribution >= 0.6 is 0 Å². The lowest BCUT2D eigenvalue weighted by molar-refractivity contribution is -0.148. The molecular weight excluding hydrogens is 987 g/mol. The van der Waals surface area contributed by atoms with Crippen molar-refractivity contribution in [2.24, 2.45) is 22.2 Å². The number of aliphatic hydroxyl groups excluding tert-OH is 1. The van der Waals surface area contributed by atoms with Gasteiger partial charge in [-0.3, -0.25) is 48.1 Å². The molecule has 9 amide bonds. The fourth-order valence-corrected chi connectivity index (χ4v) is 10.3. The number of carboxylic acids is 1. The van der Waals surface area contributed by atoms with Crippen molar-refractivity contribution in [1.29, 1.82) is 0 Å². The topological polar surface area (TPSA) is 375 Å². The Labute approximate surface area is 440 Å². The number of aliphatic hydroxyl groups is 1. The predicted molar refractivity (Wildman–Crippen MR) is 274 cm³/mol. The van der Waals surface area contributed by atoms with E-state index in [0.29, 0.717) is 56.2 Å². The first kappa shape index (κ1) is 57.6. The first-order valence-corrected chi connectivity index (χ1v) is 25.9. The Kier molecular flexibility index (Phi) is 21.0. The number of rotatable bonds is 24. The van der Waals surface area contributed by atoms with Crippen LogP contribution in [0.25, 0.3) is 0 Å². The van der Waals surface area contributed by atoms with Crippen molar-refractivity contribution in [3.63, 3.8) is 0 Å². The molecule has 4 aliphatic heterocycles. The highest BCUT2D eigenvalue weighted by atomic mass is 16.4. The molecule has 6 rings (SSSR count). The molecule has 2 aromatic carbocycles.